The van der Waals surface area contributed by atoms with Gasteiger partial charge in [0.1, 0.15) is 0 Å². The Labute approximate surface area is 103 Å². The molecule has 0 bridgehead atoms. The van der Waals surface area contributed by atoms with Gasteiger partial charge in [-0.3, -0.25) is 9.59 Å². The van der Waals surface area contributed by atoms with Crippen molar-refractivity contribution >= 4 is 11.9 Å². The van der Waals surface area contributed by atoms with E-state index in [0.29, 0.717) is 6.42 Å². The van der Waals surface area contributed by atoms with Gasteiger partial charge < -0.3 is 16.2 Å². The Morgan fingerprint density at radius 2 is 1.82 bits per heavy atom. The van der Waals surface area contributed by atoms with Gasteiger partial charge in [-0.1, -0.05) is 13.3 Å². The average Bonchev–Trinajstić information content (AvgIpc) is 2.15. The van der Waals surface area contributed by atoms with E-state index in [0.717, 1.165) is 12.8 Å². The minimum atomic E-state index is -0.872. The molecule has 0 aliphatic rings. The van der Waals surface area contributed by atoms with Gasteiger partial charge >= 0.3 is 5.97 Å². The molecule has 0 radical (unpaired) electrons. The zero-order chi connectivity index (χ0) is 13.6. The molecule has 4 N–H and O–H groups in total. The zero-order valence-electron chi connectivity index (χ0n) is 11.1. The highest BCUT2D eigenvalue weighted by Crippen LogP contribution is 2.10. The fraction of sp³-hybridized carbons (Fsp3) is 0.833. The van der Waals surface area contributed by atoms with Gasteiger partial charge in [-0.25, -0.2) is 0 Å². The summed E-state index contributed by atoms with van der Waals surface area (Å²) in [5, 5.41) is 11.5. The number of carbonyl (C=O) groups is 2. The van der Waals surface area contributed by atoms with Crippen molar-refractivity contribution in [3.8, 4) is 0 Å². The van der Waals surface area contributed by atoms with Crippen LogP contribution in [0.5, 0.6) is 0 Å². The van der Waals surface area contributed by atoms with Crippen molar-refractivity contribution in [2.75, 3.05) is 0 Å². The molecule has 0 aromatic heterocycles. The van der Waals surface area contributed by atoms with Crippen LogP contribution in [0.15, 0.2) is 0 Å². The van der Waals surface area contributed by atoms with E-state index in [4.69, 9.17) is 10.8 Å². The molecule has 2 unspecified atom stereocenters. The molecular weight excluding hydrogens is 220 g/mol. The normalized spacial score (nSPS) is 15.1. The van der Waals surface area contributed by atoms with Crippen molar-refractivity contribution < 1.29 is 14.7 Å². The largest absolute Gasteiger partial charge is 0.481 e. The molecule has 0 rings (SSSR count). The highest BCUT2D eigenvalue weighted by molar-refractivity contribution is 5.85. The zero-order valence-corrected chi connectivity index (χ0v) is 11.1. The molecule has 0 heterocycles. The first-order chi connectivity index (χ1) is 7.64. The van der Waals surface area contributed by atoms with Gasteiger partial charge in [-0.15, -0.1) is 0 Å². The van der Waals surface area contributed by atoms with Gasteiger partial charge in [0.2, 0.25) is 5.91 Å². The summed E-state index contributed by atoms with van der Waals surface area (Å²) in [6.45, 7) is 6.90. The molecule has 0 aromatic rings. The van der Waals surface area contributed by atoms with E-state index < -0.39 is 11.5 Å². The molecular formula is C12H24N2O3. The predicted octanol–water partition coefficient (Wildman–Crippen LogP) is 1.12. The van der Waals surface area contributed by atoms with Crippen LogP contribution >= 0.6 is 0 Å². The SMILES string of the molecule is CC(CCCC(C)C(=O)O)NC(=O)C(C)(C)N. The van der Waals surface area contributed by atoms with E-state index >= 15 is 0 Å². The Morgan fingerprint density at radius 1 is 1.29 bits per heavy atom. The number of carboxylic acid groups (broad SMARTS) is 1. The first kappa shape index (κ1) is 15.9. The van der Waals surface area contributed by atoms with E-state index in [-0.39, 0.29) is 17.9 Å². The first-order valence-electron chi connectivity index (χ1n) is 5.97. The van der Waals surface area contributed by atoms with Crippen LogP contribution in [0.3, 0.4) is 0 Å². The molecule has 17 heavy (non-hydrogen) atoms. The van der Waals surface area contributed by atoms with Crippen molar-refractivity contribution in [1.82, 2.24) is 5.32 Å². The maximum atomic E-state index is 11.6. The maximum absolute atomic E-state index is 11.6. The average molecular weight is 244 g/mol. The van der Waals surface area contributed by atoms with Crippen LogP contribution in [0.2, 0.25) is 0 Å². The smallest absolute Gasteiger partial charge is 0.306 e. The number of aliphatic carboxylic acids is 1. The number of carboxylic acids is 1. The second-order valence-corrected chi connectivity index (χ2v) is 5.27. The second-order valence-electron chi connectivity index (χ2n) is 5.27. The molecule has 0 spiro atoms. The van der Waals surface area contributed by atoms with Gasteiger partial charge in [0.15, 0.2) is 0 Å². The van der Waals surface area contributed by atoms with Crippen molar-refractivity contribution in [1.29, 1.82) is 0 Å². The minimum absolute atomic E-state index is 0.0197. The molecule has 0 aromatic carbocycles. The van der Waals surface area contributed by atoms with Gasteiger partial charge in [-0.2, -0.15) is 0 Å². The predicted molar refractivity (Wildman–Crippen MR) is 66.5 cm³/mol. The number of hydrogen-bond donors (Lipinski definition) is 3. The number of hydrogen-bond acceptors (Lipinski definition) is 3. The number of nitrogens with one attached hydrogen (secondary N) is 1. The maximum Gasteiger partial charge on any atom is 0.306 e. The van der Waals surface area contributed by atoms with E-state index in [1.807, 2.05) is 6.92 Å². The van der Waals surface area contributed by atoms with E-state index in [2.05, 4.69) is 5.32 Å². The summed E-state index contributed by atoms with van der Waals surface area (Å²) >= 11 is 0. The lowest BCUT2D eigenvalue weighted by atomic mass is 10.0. The fourth-order valence-electron chi connectivity index (χ4n) is 1.34. The lowest BCUT2D eigenvalue weighted by molar-refractivity contribution is -0.141. The Hall–Kier alpha value is -1.10. The Bertz CT molecular complexity index is 271. The molecule has 0 aliphatic carbocycles. The third-order valence-corrected chi connectivity index (χ3v) is 2.66. The molecule has 5 heteroatoms. The molecule has 1 amide bonds. The van der Waals surface area contributed by atoms with E-state index in [1.165, 1.54) is 0 Å². The summed E-state index contributed by atoms with van der Waals surface area (Å²) in [4.78, 5) is 22.1. The summed E-state index contributed by atoms with van der Waals surface area (Å²) in [6.07, 6.45) is 2.17. The monoisotopic (exact) mass is 244 g/mol. The molecule has 0 saturated heterocycles. The van der Waals surface area contributed by atoms with Crippen molar-refractivity contribution in [2.45, 2.75) is 58.5 Å². The van der Waals surface area contributed by atoms with Crippen molar-refractivity contribution in [2.24, 2.45) is 11.7 Å². The van der Waals surface area contributed by atoms with E-state index in [1.54, 1.807) is 20.8 Å². The lowest BCUT2D eigenvalue weighted by Gasteiger charge is -2.22. The number of nitrogens with two attached hydrogens (primary N) is 1. The second kappa shape index (κ2) is 6.59. The lowest BCUT2D eigenvalue weighted by Crippen LogP contribution is -2.51. The van der Waals surface area contributed by atoms with Gasteiger partial charge in [0.25, 0.3) is 0 Å². The molecule has 100 valence electrons. The van der Waals surface area contributed by atoms with Crippen LogP contribution in [-0.2, 0) is 9.59 Å². The Kier molecular flexibility index (Phi) is 6.16. The third-order valence-electron chi connectivity index (χ3n) is 2.66. The quantitative estimate of drug-likeness (QED) is 0.625. The van der Waals surface area contributed by atoms with E-state index in [9.17, 15) is 9.59 Å². The first-order valence-corrected chi connectivity index (χ1v) is 5.97. The summed E-state index contributed by atoms with van der Waals surface area (Å²) in [6, 6.07) is 0.0197. The highest BCUT2D eigenvalue weighted by atomic mass is 16.4. The molecule has 5 nitrogen and oxygen atoms in total. The number of rotatable bonds is 7. The topological polar surface area (TPSA) is 92.4 Å². The summed E-state index contributed by atoms with van der Waals surface area (Å²) in [7, 11) is 0. The fourth-order valence-corrected chi connectivity index (χ4v) is 1.34. The van der Waals surface area contributed by atoms with Crippen LogP contribution in [0.25, 0.3) is 0 Å². The molecule has 2 atom stereocenters. The van der Waals surface area contributed by atoms with Crippen molar-refractivity contribution in [3.05, 3.63) is 0 Å². The summed E-state index contributed by atoms with van der Waals surface area (Å²) in [5.74, 6) is -1.29. The van der Waals surface area contributed by atoms with Crippen LogP contribution in [0.1, 0.15) is 47.0 Å². The number of carbonyl (C=O) groups excluding carboxylic acids is 1. The minimum Gasteiger partial charge on any atom is -0.481 e. The summed E-state index contributed by atoms with van der Waals surface area (Å²) in [5.41, 5.74) is 4.78. The summed E-state index contributed by atoms with van der Waals surface area (Å²) < 4.78 is 0. The van der Waals surface area contributed by atoms with Gasteiger partial charge in [-0.05, 0) is 33.6 Å². The molecule has 0 aliphatic heterocycles. The highest BCUT2D eigenvalue weighted by Gasteiger charge is 2.23. The van der Waals surface area contributed by atoms with Gasteiger partial charge in [0, 0.05) is 6.04 Å². The van der Waals surface area contributed by atoms with Crippen LogP contribution in [-0.4, -0.2) is 28.6 Å². The van der Waals surface area contributed by atoms with Crippen LogP contribution in [0.4, 0.5) is 0 Å². The Balaban J connectivity index is 3.85. The van der Waals surface area contributed by atoms with Crippen molar-refractivity contribution in [3.63, 3.8) is 0 Å². The molecule has 0 fully saturated rings. The number of amides is 1. The standard InChI is InChI=1S/C12H24N2O3/c1-8(10(15)16)6-5-7-9(2)14-11(17)12(3,4)13/h8-9H,5-7,13H2,1-4H3,(H,14,17)(H,15,16). The van der Waals surface area contributed by atoms with Gasteiger partial charge in [0.05, 0.1) is 11.5 Å². The molecule has 0 saturated carbocycles. The van der Waals surface area contributed by atoms with Crippen LogP contribution < -0.4 is 11.1 Å². The van der Waals surface area contributed by atoms with Crippen LogP contribution in [0, 0.1) is 5.92 Å². The Morgan fingerprint density at radius 3 is 2.24 bits per heavy atom. The third kappa shape index (κ3) is 6.94.